The van der Waals surface area contributed by atoms with Crippen molar-refractivity contribution in [2.75, 3.05) is 50.0 Å². The number of imidazole rings is 1. The Kier molecular flexibility index (Phi) is 6.47. The minimum Gasteiger partial charge on any atom is -0.395 e. The van der Waals surface area contributed by atoms with E-state index in [9.17, 15) is 14.7 Å². The van der Waals surface area contributed by atoms with Gasteiger partial charge in [0.25, 0.3) is 5.56 Å². The molecule has 5 rings (SSSR count). The van der Waals surface area contributed by atoms with Crippen LogP contribution in [0.3, 0.4) is 0 Å². The second-order valence-electron chi connectivity index (χ2n) is 8.29. The first-order chi connectivity index (χ1) is 16.5. The van der Waals surface area contributed by atoms with E-state index >= 15 is 0 Å². The number of fused-ring (bicyclic) bond motifs is 2. The van der Waals surface area contributed by atoms with E-state index in [0.717, 1.165) is 51.1 Å². The van der Waals surface area contributed by atoms with Gasteiger partial charge in [-0.3, -0.25) is 18.8 Å². The lowest BCUT2D eigenvalue weighted by Gasteiger charge is -2.35. The minimum absolute atomic E-state index is 0.139. The summed E-state index contributed by atoms with van der Waals surface area (Å²) in [5.74, 6) is 1.43. The number of piperazine rings is 1. The van der Waals surface area contributed by atoms with Gasteiger partial charge in [0.15, 0.2) is 15.5 Å². The molecule has 12 heteroatoms. The lowest BCUT2D eigenvalue weighted by molar-refractivity contribution is 0.188. The molecule has 1 aliphatic heterocycles. The third-order valence-electron chi connectivity index (χ3n) is 6.21. The Morgan fingerprint density at radius 3 is 2.53 bits per heavy atom. The number of anilines is 1. The maximum atomic E-state index is 13.1. The lowest BCUT2D eigenvalue weighted by atomic mass is 10.3. The van der Waals surface area contributed by atoms with Crippen molar-refractivity contribution in [3.63, 3.8) is 0 Å². The third-order valence-corrected chi connectivity index (χ3v) is 8.37. The van der Waals surface area contributed by atoms with Crippen molar-refractivity contribution in [2.45, 2.75) is 10.9 Å². The number of rotatable bonds is 7. The Morgan fingerprint density at radius 2 is 1.79 bits per heavy atom. The molecule has 1 saturated heterocycles. The van der Waals surface area contributed by atoms with E-state index in [2.05, 4.69) is 15.9 Å². The number of thioether (sulfide) groups is 1. The second kappa shape index (κ2) is 9.53. The van der Waals surface area contributed by atoms with Crippen molar-refractivity contribution >= 4 is 50.4 Å². The van der Waals surface area contributed by atoms with E-state index in [4.69, 9.17) is 9.97 Å². The van der Waals surface area contributed by atoms with Gasteiger partial charge in [0.1, 0.15) is 0 Å². The number of benzene rings is 1. The third kappa shape index (κ3) is 4.15. The van der Waals surface area contributed by atoms with E-state index in [0.29, 0.717) is 30.2 Å². The predicted molar refractivity (Wildman–Crippen MR) is 136 cm³/mol. The maximum Gasteiger partial charge on any atom is 0.332 e. The highest BCUT2D eigenvalue weighted by Gasteiger charge is 2.25. The van der Waals surface area contributed by atoms with Crippen LogP contribution in [0.4, 0.5) is 5.95 Å². The highest BCUT2D eigenvalue weighted by Crippen LogP contribution is 2.30. The zero-order valence-corrected chi connectivity index (χ0v) is 20.8. The summed E-state index contributed by atoms with van der Waals surface area (Å²) in [6.07, 6.45) is 0. The Hall–Kier alpha value is -2.67. The van der Waals surface area contributed by atoms with Crippen LogP contribution in [-0.4, -0.2) is 78.8 Å². The molecule has 0 aliphatic carbocycles. The first-order valence-electron chi connectivity index (χ1n) is 11.2. The molecule has 0 saturated carbocycles. The molecule has 34 heavy (non-hydrogen) atoms. The van der Waals surface area contributed by atoms with Gasteiger partial charge >= 0.3 is 5.69 Å². The molecule has 180 valence electrons. The number of aliphatic hydroxyl groups is 1. The number of aliphatic hydroxyl groups excluding tert-OH is 1. The van der Waals surface area contributed by atoms with Crippen molar-refractivity contribution in [3.8, 4) is 0 Å². The van der Waals surface area contributed by atoms with Gasteiger partial charge in [0, 0.05) is 59.1 Å². The van der Waals surface area contributed by atoms with Crippen LogP contribution in [0.25, 0.3) is 21.4 Å². The van der Waals surface area contributed by atoms with Gasteiger partial charge in [-0.2, -0.15) is 4.98 Å². The molecule has 0 amide bonds. The molecule has 4 heterocycles. The lowest BCUT2D eigenvalue weighted by Crippen LogP contribution is -2.48. The monoisotopic (exact) mass is 501 g/mol. The summed E-state index contributed by atoms with van der Waals surface area (Å²) in [7, 11) is 3.16. The van der Waals surface area contributed by atoms with Crippen LogP contribution in [0.5, 0.6) is 0 Å². The number of aryl methyl sites for hydroxylation is 2. The molecule has 1 aromatic carbocycles. The molecule has 10 nitrogen and oxygen atoms in total. The number of β-amino-alcohol motifs (C(OH)–C–C–N with tert-alkyl or cyclic N) is 1. The molecule has 1 fully saturated rings. The van der Waals surface area contributed by atoms with Crippen LogP contribution >= 0.6 is 23.1 Å². The largest absolute Gasteiger partial charge is 0.395 e. The average molecular weight is 502 g/mol. The van der Waals surface area contributed by atoms with E-state index in [1.54, 1.807) is 30.1 Å². The van der Waals surface area contributed by atoms with Gasteiger partial charge in [-0.1, -0.05) is 23.9 Å². The number of nitrogens with zero attached hydrogens (tertiary/aromatic N) is 7. The number of aromatic nitrogens is 5. The van der Waals surface area contributed by atoms with E-state index in [1.165, 1.54) is 11.6 Å². The van der Waals surface area contributed by atoms with Gasteiger partial charge in [-0.15, -0.1) is 11.3 Å². The number of para-hydroxylation sites is 1. The summed E-state index contributed by atoms with van der Waals surface area (Å²) >= 11 is 3.32. The van der Waals surface area contributed by atoms with Crippen molar-refractivity contribution < 1.29 is 5.11 Å². The molecule has 0 atom stereocenters. The molecule has 3 aromatic heterocycles. The summed E-state index contributed by atoms with van der Waals surface area (Å²) in [5.41, 5.74) is 1.13. The highest BCUT2D eigenvalue weighted by molar-refractivity contribution is 8.01. The average Bonchev–Trinajstić information content (AvgIpc) is 3.44. The summed E-state index contributed by atoms with van der Waals surface area (Å²) in [6, 6.07) is 8.08. The normalized spacial score (nSPS) is 15.1. The first kappa shape index (κ1) is 23.1. The van der Waals surface area contributed by atoms with Crippen LogP contribution in [0.1, 0.15) is 0 Å². The molecule has 1 aliphatic rings. The van der Waals surface area contributed by atoms with E-state index in [1.807, 2.05) is 22.8 Å². The molecular weight excluding hydrogens is 474 g/mol. The maximum absolute atomic E-state index is 13.1. The van der Waals surface area contributed by atoms with Crippen molar-refractivity contribution in [2.24, 2.45) is 14.1 Å². The molecule has 0 radical (unpaired) electrons. The topological polar surface area (TPSA) is 101 Å². The highest BCUT2D eigenvalue weighted by atomic mass is 32.2. The fraction of sp³-hybridized carbons (Fsp3) is 0.455. The number of hydrogen-bond acceptors (Lipinski definition) is 9. The number of thiazole rings is 1. The molecule has 4 aromatic rings. The van der Waals surface area contributed by atoms with Crippen LogP contribution in [0, 0.1) is 0 Å². The zero-order chi connectivity index (χ0) is 23.8. The summed E-state index contributed by atoms with van der Waals surface area (Å²) in [5, 5.41) is 9.24. The van der Waals surface area contributed by atoms with Crippen LogP contribution in [0.2, 0.25) is 0 Å². The second-order valence-corrected chi connectivity index (χ2v) is 10.7. The summed E-state index contributed by atoms with van der Waals surface area (Å²) in [6.45, 7) is 4.45. The van der Waals surface area contributed by atoms with Gasteiger partial charge in [-0.25, -0.2) is 9.78 Å². The fourth-order valence-electron chi connectivity index (χ4n) is 4.34. The van der Waals surface area contributed by atoms with E-state index in [-0.39, 0.29) is 17.9 Å². The van der Waals surface area contributed by atoms with Gasteiger partial charge in [-0.05, 0) is 12.1 Å². The zero-order valence-electron chi connectivity index (χ0n) is 19.2. The molecule has 1 N–H and O–H groups in total. The Balaban J connectivity index is 1.47. The summed E-state index contributed by atoms with van der Waals surface area (Å²) < 4.78 is 6.69. The van der Waals surface area contributed by atoms with Crippen LogP contribution < -0.4 is 16.1 Å². The predicted octanol–water partition coefficient (Wildman–Crippen LogP) is 0.950. The number of hydrogen-bond donors (Lipinski definition) is 1. The molecule has 0 spiro atoms. The van der Waals surface area contributed by atoms with Crippen LogP contribution in [0.15, 0.2) is 38.2 Å². The smallest absolute Gasteiger partial charge is 0.332 e. The minimum atomic E-state index is -0.384. The molecular formula is C22H27N7O3S2. The Bertz CT molecular complexity index is 1410. The van der Waals surface area contributed by atoms with E-state index < -0.39 is 0 Å². The molecule has 0 bridgehead atoms. The van der Waals surface area contributed by atoms with Crippen molar-refractivity contribution in [1.82, 2.24) is 28.6 Å². The van der Waals surface area contributed by atoms with Gasteiger partial charge in [0.05, 0.1) is 16.8 Å². The standard InChI is InChI=1S/C22H27N7O3S2/c1-25-18-17(19(31)26(2)22(25)32)29(20(24-18)28-9-7-27(8-10-28)11-13-30)12-14-33-21-23-15-5-3-4-6-16(15)34-21/h3-6,30H,7-14H2,1-2H3. The first-order valence-corrected chi connectivity index (χ1v) is 13.0. The summed E-state index contributed by atoms with van der Waals surface area (Å²) in [4.78, 5) is 39.5. The Labute approximate surface area is 204 Å². The Morgan fingerprint density at radius 1 is 1.03 bits per heavy atom. The van der Waals surface area contributed by atoms with Crippen molar-refractivity contribution in [1.29, 1.82) is 0 Å². The fourth-order valence-corrected chi connectivity index (χ4v) is 6.40. The SMILES string of the molecule is Cn1c(=O)c2c(nc(N3CCN(CCO)CC3)n2CCSc2nc3ccccc3s2)n(C)c1=O. The molecule has 0 unspecified atom stereocenters. The van der Waals surface area contributed by atoms with Gasteiger partial charge in [0.2, 0.25) is 5.95 Å². The van der Waals surface area contributed by atoms with Crippen molar-refractivity contribution in [3.05, 3.63) is 45.1 Å². The quantitative estimate of drug-likeness (QED) is 0.374. The van der Waals surface area contributed by atoms with Crippen LogP contribution in [-0.2, 0) is 20.6 Å². The van der Waals surface area contributed by atoms with Gasteiger partial charge < -0.3 is 14.6 Å².